The van der Waals surface area contributed by atoms with Crippen LogP contribution in [0.4, 0.5) is 10.2 Å². The Bertz CT molecular complexity index is 1250. The van der Waals surface area contributed by atoms with Crippen LogP contribution in [0.5, 0.6) is 0 Å². The summed E-state index contributed by atoms with van der Waals surface area (Å²) in [6, 6.07) is 9.27. The maximum Gasteiger partial charge on any atom is 0.327 e. The van der Waals surface area contributed by atoms with Crippen LogP contribution in [0.1, 0.15) is 41.6 Å². The van der Waals surface area contributed by atoms with E-state index in [4.69, 9.17) is 4.42 Å². The molecule has 0 saturated heterocycles. The summed E-state index contributed by atoms with van der Waals surface area (Å²) in [7, 11) is 0. The average Bonchev–Trinajstić information content (AvgIpc) is 3.21. The van der Waals surface area contributed by atoms with Gasteiger partial charge in [0, 0.05) is 29.5 Å². The number of allylic oxidation sites excluding steroid dienone is 2. The molecule has 0 spiro atoms. The highest BCUT2D eigenvalue weighted by Gasteiger charge is 2.40. The summed E-state index contributed by atoms with van der Waals surface area (Å²) in [4.78, 5) is 42.5. The molecule has 2 aliphatic rings. The fourth-order valence-corrected chi connectivity index (χ4v) is 4.26. The Labute approximate surface area is 163 Å². The van der Waals surface area contributed by atoms with Gasteiger partial charge >= 0.3 is 5.69 Å². The summed E-state index contributed by atoms with van der Waals surface area (Å²) < 4.78 is 19.0. The highest BCUT2D eigenvalue weighted by Crippen LogP contribution is 2.46. The zero-order valence-corrected chi connectivity index (χ0v) is 15.1. The minimum Gasteiger partial charge on any atom is -0.469 e. The van der Waals surface area contributed by atoms with Crippen molar-refractivity contribution in [3.05, 3.63) is 97.5 Å². The van der Waals surface area contributed by atoms with Gasteiger partial charge in [0.15, 0.2) is 5.78 Å². The van der Waals surface area contributed by atoms with E-state index in [0.29, 0.717) is 29.0 Å². The Morgan fingerprint density at radius 3 is 2.52 bits per heavy atom. The lowest BCUT2D eigenvalue weighted by Gasteiger charge is -2.35. The van der Waals surface area contributed by atoms with E-state index >= 15 is 0 Å². The molecule has 2 aromatic heterocycles. The van der Waals surface area contributed by atoms with E-state index in [1.807, 2.05) is 6.07 Å². The largest absolute Gasteiger partial charge is 0.469 e. The second-order valence-corrected chi connectivity index (χ2v) is 7.24. The number of ketones is 1. The van der Waals surface area contributed by atoms with Crippen LogP contribution in [0.2, 0.25) is 0 Å². The van der Waals surface area contributed by atoms with Crippen LogP contribution in [0.3, 0.4) is 0 Å². The molecule has 8 heteroatoms. The first-order chi connectivity index (χ1) is 14.0. The minimum atomic E-state index is -0.701. The van der Waals surface area contributed by atoms with Crippen LogP contribution in [0, 0.1) is 5.82 Å². The lowest BCUT2D eigenvalue weighted by Crippen LogP contribution is -2.37. The van der Waals surface area contributed by atoms with E-state index in [-0.39, 0.29) is 29.5 Å². The number of carbonyl (C=O) groups excluding carboxylic acids is 1. The van der Waals surface area contributed by atoms with Gasteiger partial charge in [-0.1, -0.05) is 12.1 Å². The summed E-state index contributed by atoms with van der Waals surface area (Å²) in [5.41, 5.74) is 0.699. The molecule has 1 aliphatic heterocycles. The molecule has 3 heterocycles. The lowest BCUT2D eigenvalue weighted by atomic mass is 9.73. The van der Waals surface area contributed by atoms with Crippen LogP contribution in [0.25, 0.3) is 0 Å². The number of Topliss-reactive ketones (excluding diaryl/α,β-unsaturated/α-hetero) is 1. The Morgan fingerprint density at radius 2 is 1.79 bits per heavy atom. The normalized spacial score (nSPS) is 20.8. The molecule has 0 saturated carbocycles. The van der Waals surface area contributed by atoms with Gasteiger partial charge in [-0.3, -0.25) is 19.6 Å². The van der Waals surface area contributed by atoms with E-state index in [1.54, 1.807) is 24.5 Å². The average molecular weight is 393 g/mol. The van der Waals surface area contributed by atoms with Gasteiger partial charge in [-0.05, 0) is 36.2 Å². The van der Waals surface area contributed by atoms with Crippen molar-refractivity contribution in [1.29, 1.82) is 0 Å². The van der Waals surface area contributed by atoms with Gasteiger partial charge < -0.3 is 9.73 Å². The molecule has 3 aromatic rings. The van der Waals surface area contributed by atoms with Crippen molar-refractivity contribution in [2.45, 2.75) is 24.7 Å². The van der Waals surface area contributed by atoms with Crippen molar-refractivity contribution >= 4 is 11.6 Å². The van der Waals surface area contributed by atoms with Crippen molar-refractivity contribution in [2.24, 2.45) is 0 Å². The van der Waals surface area contributed by atoms with Crippen molar-refractivity contribution in [1.82, 2.24) is 9.97 Å². The van der Waals surface area contributed by atoms with E-state index in [2.05, 4.69) is 15.3 Å². The second kappa shape index (κ2) is 6.44. The first-order valence-electron chi connectivity index (χ1n) is 9.20. The molecule has 1 aromatic carbocycles. The third kappa shape index (κ3) is 2.84. The third-order valence-corrected chi connectivity index (χ3v) is 5.49. The van der Waals surface area contributed by atoms with Crippen LogP contribution in [-0.2, 0) is 4.79 Å². The quantitative estimate of drug-likeness (QED) is 0.621. The summed E-state index contributed by atoms with van der Waals surface area (Å²) in [6.45, 7) is 0. The van der Waals surface area contributed by atoms with E-state index in [0.717, 1.165) is 0 Å². The van der Waals surface area contributed by atoms with Gasteiger partial charge in [0.1, 0.15) is 17.4 Å². The lowest BCUT2D eigenvalue weighted by molar-refractivity contribution is -0.116. The topological polar surface area (TPSA) is 108 Å². The molecule has 7 nitrogen and oxygen atoms in total. The van der Waals surface area contributed by atoms with Gasteiger partial charge in [0.2, 0.25) is 0 Å². The maximum absolute atomic E-state index is 13.5. The summed E-state index contributed by atoms with van der Waals surface area (Å²) >= 11 is 0. The second-order valence-electron chi connectivity index (χ2n) is 7.24. The number of carbonyl (C=O) groups is 1. The van der Waals surface area contributed by atoms with Gasteiger partial charge in [0.05, 0.1) is 11.8 Å². The standard InChI is InChI=1S/C21H16FN3O4/c22-12-5-3-10(4-6-12)16-17-13(23-19-18(16)20(27)25-21(28)24-19)8-11(9-14(17)26)15-2-1-7-29-15/h1-7,11,16H,8-9H2,(H3,23,24,25,27,28)/t11-,16+/m1/s1. The summed E-state index contributed by atoms with van der Waals surface area (Å²) in [5, 5.41) is 3.08. The fraction of sp³-hybridized carbons (Fsp3) is 0.190. The number of rotatable bonds is 2. The zero-order chi connectivity index (χ0) is 20.1. The van der Waals surface area contributed by atoms with Gasteiger partial charge in [-0.2, -0.15) is 0 Å². The predicted molar refractivity (Wildman–Crippen MR) is 102 cm³/mol. The predicted octanol–water partition coefficient (Wildman–Crippen LogP) is 2.75. The Kier molecular flexibility index (Phi) is 3.87. The number of hydrogen-bond acceptors (Lipinski definition) is 5. The smallest absolute Gasteiger partial charge is 0.327 e. The number of hydrogen-bond donors (Lipinski definition) is 3. The number of aromatic amines is 2. The van der Waals surface area contributed by atoms with Crippen molar-refractivity contribution in [2.75, 3.05) is 5.32 Å². The van der Waals surface area contributed by atoms with Crippen molar-refractivity contribution < 1.29 is 13.6 Å². The fourth-order valence-electron chi connectivity index (χ4n) is 4.26. The van der Waals surface area contributed by atoms with Crippen molar-refractivity contribution in [3.8, 4) is 0 Å². The van der Waals surface area contributed by atoms with Crippen LogP contribution < -0.4 is 16.6 Å². The SMILES string of the molecule is O=C1C[C@H](c2ccco2)CC2=C1[C@H](c1ccc(F)cc1)c1c([nH]c(=O)[nH]c1=O)N2. The van der Waals surface area contributed by atoms with Crippen molar-refractivity contribution in [3.63, 3.8) is 0 Å². The molecule has 146 valence electrons. The van der Waals surface area contributed by atoms with Crippen LogP contribution >= 0.6 is 0 Å². The number of furan rings is 1. The van der Waals surface area contributed by atoms with E-state index in [9.17, 15) is 18.8 Å². The zero-order valence-electron chi connectivity index (χ0n) is 15.1. The number of aromatic nitrogens is 2. The molecule has 0 bridgehead atoms. The summed E-state index contributed by atoms with van der Waals surface area (Å²) in [5.74, 6) is -0.429. The molecule has 0 fully saturated rings. The molecular weight excluding hydrogens is 377 g/mol. The van der Waals surface area contributed by atoms with Gasteiger partial charge in [-0.15, -0.1) is 0 Å². The van der Waals surface area contributed by atoms with Gasteiger partial charge in [-0.25, -0.2) is 9.18 Å². The van der Waals surface area contributed by atoms with E-state index in [1.165, 1.54) is 12.1 Å². The highest BCUT2D eigenvalue weighted by atomic mass is 19.1. The Balaban J connectivity index is 1.70. The maximum atomic E-state index is 13.5. The Morgan fingerprint density at radius 1 is 1.00 bits per heavy atom. The Hall–Kier alpha value is -3.68. The molecule has 0 radical (unpaired) electrons. The number of nitrogens with one attached hydrogen (secondary N) is 3. The number of H-pyrrole nitrogens is 2. The van der Waals surface area contributed by atoms with E-state index < -0.39 is 23.0 Å². The first kappa shape index (κ1) is 17.4. The molecule has 3 N–H and O–H groups in total. The summed E-state index contributed by atoms with van der Waals surface area (Å²) in [6.07, 6.45) is 2.29. The van der Waals surface area contributed by atoms with Gasteiger partial charge in [0.25, 0.3) is 5.56 Å². The monoisotopic (exact) mass is 393 g/mol. The number of halogens is 1. The first-order valence-corrected chi connectivity index (χ1v) is 9.20. The number of fused-ring (bicyclic) bond motifs is 1. The molecule has 0 amide bonds. The molecule has 29 heavy (non-hydrogen) atoms. The number of anilines is 1. The molecule has 2 atom stereocenters. The molecule has 1 aliphatic carbocycles. The third-order valence-electron chi connectivity index (χ3n) is 5.49. The molecular formula is C21H16FN3O4. The van der Waals surface area contributed by atoms with Crippen LogP contribution in [-0.4, -0.2) is 15.8 Å². The van der Waals surface area contributed by atoms with Crippen LogP contribution in [0.15, 0.2) is 67.9 Å². The molecule has 5 rings (SSSR count). The highest BCUT2D eigenvalue weighted by molar-refractivity contribution is 6.01. The molecule has 0 unspecified atom stereocenters. The number of benzene rings is 1. The minimum absolute atomic E-state index is 0.120.